The lowest BCUT2D eigenvalue weighted by Gasteiger charge is -2.43. The van der Waals surface area contributed by atoms with Gasteiger partial charge >= 0.3 is 5.97 Å². The van der Waals surface area contributed by atoms with Crippen molar-refractivity contribution in [1.29, 1.82) is 0 Å². The van der Waals surface area contributed by atoms with Crippen molar-refractivity contribution in [3.05, 3.63) is 97.1 Å². The highest BCUT2D eigenvalue weighted by molar-refractivity contribution is 9.09. The van der Waals surface area contributed by atoms with Gasteiger partial charge in [0.25, 0.3) is 0 Å². The van der Waals surface area contributed by atoms with E-state index in [-0.39, 0.29) is 29.6 Å². The summed E-state index contributed by atoms with van der Waals surface area (Å²) in [6.07, 6.45) is 3.04. The van der Waals surface area contributed by atoms with Gasteiger partial charge in [0.05, 0.1) is 36.6 Å². The van der Waals surface area contributed by atoms with E-state index in [1.807, 2.05) is 81.4 Å². The molecule has 1 spiro atoms. The van der Waals surface area contributed by atoms with Crippen LogP contribution in [0, 0.1) is 11.8 Å². The third kappa shape index (κ3) is 7.57. The number of alkyl halides is 1. The van der Waals surface area contributed by atoms with Crippen molar-refractivity contribution >= 4 is 39.6 Å². The minimum absolute atomic E-state index is 0.207. The van der Waals surface area contributed by atoms with Crippen molar-refractivity contribution in [3.8, 4) is 0 Å². The molecule has 1 unspecified atom stereocenters. The van der Waals surface area contributed by atoms with Crippen LogP contribution < -0.4 is 5.32 Å². The number of ether oxygens (including phenoxy) is 2. The third-order valence-electron chi connectivity index (χ3n) is 10.3. The number of hydrogen-bond acceptors (Lipinski definition) is 7. The monoisotopic (exact) mass is 763 g/mol. The molecule has 2 aromatic rings. The summed E-state index contributed by atoms with van der Waals surface area (Å²) in [7, 11) is 0. The van der Waals surface area contributed by atoms with E-state index in [1.165, 1.54) is 4.90 Å². The Morgan fingerprint density at radius 1 is 1.12 bits per heavy atom. The predicted molar refractivity (Wildman–Crippen MR) is 198 cm³/mol. The van der Waals surface area contributed by atoms with Crippen LogP contribution in [0.4, 0.5) is 0 Å². The molecule has 3 heterocycles. The van der Waals surface area contributed by atoms with Crippen molar-refractivity contribution < 1.29 is 33.8 Å². The first kappa shape index (κ1) is 38.4. The van der Waals surface area contributed by atoms with E-state index in [9.17, 15) is 24.3 Å². The molecule has 2 N–H and O–H groups in total. The maximum Gasteiger partial charge on any atom is 0.313 e. The molecule has 9 atom stereocenters. The molecule has 3 aliphatic rings. The molecule has 0 aromatic heterocycles. The number of nitrogens with zero attached hydrogens (tertiary/aromatic N) is 2. The number of allylic oxidation sites excluding steroid dienone is 1. The molecular weight excluding hydrogens is 714 g/mol. The summed E-state index contributed by atoms with van der Waals surface area (Å²) in [5, 5.41) is 13.8. The first-order valence-corrected chi connectivity index (χ1v) is 18.6. The molecule has 5 rings (SSSR count). The van der Waals surface area contributed by atoms with Gasteiger partial charge in [-0.25, -0.2) is 0 Å². The second-order valence-electron chi connectivity index (χ2n) is 14.8. The van der Waals surface area contributed by atoms with Crippen LogP contribution in [-0.4, -0.2) is 91.9 Å². The van der Waals surface area contributed by atoms with Crippen molar-refractivity contribution in [1.82, 2.24) is 15.1 Å². The zero-order valence-electron chi connectivity index (χ0n) is 29.9. The molecule has 274 valence electrons. The highest BCUT2D eigenvalue weighted by Gasteiger charge is 2.77. The summed E-state index contributed by atoms with van der Waals surface area (Å²) in [5.41, 5.74) is -0.436. The van der Waals surface area contributed by atoms with E-state index in [4.69, 9.17) is 9.47 Å². The zero-order chi connectivity index (χ0) is 37.1. The Bertz CT molecular complexity index is 1600. The lowest BCUT2D eigenvalue weighted by atomic mass is 9.70. The van der Waals surface area contributed by atoms with Crippen LogP contribution in [0.2, 0.25) is 0 Å². The Labute approximate surface area is 309 Å². The maximum absolute atomic E-state index is 14.9. The molecule has 3 aliphatic heterocycles. The Morgan fingerprint density at radius 3 is 2.35 bits per heavy atom. The quantitative estimate of drug-likeness (QED) is 0.150. The van der Waals surface area contributed by atoms with Crippen LogP contribution in [0.5, 0.6) is 0 Å². The molecule has 3 saturated heterocycles. The van der Waals surface area contributed by atoms with Gasteiger partial charge < -0.3 is 29.7 Å². The van der Waals surface area contributed by atoms with Gasteiger partial charge in [-0.1, -0.05) is 88.7 Å². The lowest BCUT2D eigenvalue weighted by molar-refractivity contribution is -0.162. The van der Waals surface area contributed by atoms with Gasteiger partial charge in [0.15, 0.2) is 0 Å². The first-order chi connectivity index (χ1) is 24.3. The molecule has 11 heteroatoms. The Morgan fingerprint density at radius 2 is 1.76 bits per heavy atom. The highest BCUT2D eigenvalue weighted by Crippen LogP contribution is 2.61. The van der Waals surface area contributed by atoms with Gasteiger partial charge in [0, 0.05) is 23.3 Å². The van der Waals surface area contributed by atoms with Crippen LogP contribution in [0.25, 0.3) is 0 Å². The van der Waals surface area contributed by atoms with Gasteiger partial charge in [0.2, 0.25) is 17.7 Å². The van der Waals surface area contributed by atoms with Gasteiger partial charge in [-0.05, 0) is 58.1 Å². The fraction of sp³-hybridized carbons (Fsp3) is 0.500. The summed E-state index contributed by atoms with van der Waals surface area (Å²) in [4.78, 5) is 59.9. The lowest BCUT2D eigenvalue weighted by Crippen LogP contribution is -2.62. The van der Waals surface area contributed by atoms with Crippen molar-refractivity contribution in [2.75, 3.05) is 13.2 Å². The maximum atomic E-state index is 14.9. The van der Waals surface area contributed by atoms with Crippen LogP contribution >= 0.6 is 15.9 Å². The molecule has 0 aliphatic carbocycles. The number of rotatable bonds is 15. The summed E-state index contributed by atoms with van der Waals surface area (Å²) in [5.74, 6) is -3.72. The number of aliphatic hydroxyl groups is 1. The van der Waals surface area contributed by atoms with E-state index in [0.717, 1.165) is 5.56 Å². The number of esters is 1. The average molecular weight is 765 g/mol. The first-order valence-electron chi connectivity index (χ1n) is 17.7. The Balaban J connectivity index is 1.55. The molecule has 2 aromatic carbocycles. The van der Waals surface area contributed by atoms with E-state index in [0.29, 0.717) is 24.8 Å². The Kier molecular flexibility index (Phi) is 11.9. The fourth-order valence-corrected chi connectivity index (χ4v) is 9.00. The normalized spacial score (nSPS) is 26.9. The Hall–Kier alpha value is -3.80. The summed E-state index contributed by atoms with van der Waals surface area (Å²) < 4.78 is 13.1. The number of hydrogen-bond donors (Lipinski definition) is 2. The van der Waals surface area contributed by atoms with Crippen molar-refractivity contribution in [3.63, 3.8) is 0 Å². The highest BCUT2D eigenvalue weighted by atomic mass is 79.9. The number of amides is 3. The number of carbonyl (C=O) groups is 4. The molecular formula is C40H50BrN3O7. The number of aliphatic hydroxyl groups excluding tert-OH is 1. The number of halogens is 1. The molecule has 3 amide bonds. The smallest absolute Gasteiger partial charge is 0.313 e. The van der Waals surface area contributed by atoms with E-state index >= 15 is 0 Å². The van der Waals surface area contributed by atoms with Gasteiger partial charge in [-0.2, -0.15) is 0 Å². The fourth-order valence-electron chi connectivity index (χ4n) is 8.06. The van der Waals surface area contributed by atoms with Crippen molar-refractivity contribution in [2.45, 2.75) is 99.7 Å². The minimum Gasteiger partial charge on any atom is -0.455 e. The van der Waals surface area contributed by atoms with Crippen LogP contribution in [0.15, 0.2) is 86.0 Å². The second kappa shape index (κ2) is 15.8. The number of nitrogens with one attached hydrogen (secondary N) is 1. The SMILES string of the molecule is C=CCCC(=O)N[C@@H](C)[C@H](OC(=O)[C@H]1[C@@H]2O[C@@]3(CC2Br)[C@@H]1C(=O)N([C@@H](CO)Cc1ccccc1)[C@@H]3C(=O)N(CC=C)C(C)(C)C)c1ccccc1. The van der Waals surface area contributed by atoms with Crippen LogP contribution in [-0.2, 0) is 35.1 Å². The second-order valence-corrected chi connectivity index (χ2v) is 16.0. The number of carbonyl (C=O) groups excluding carboxylic acids is 4. The molecule has 10 nitrogen and oxygen atoms in total. The topological polar surface area (TPSA) is 125 Å². The number of benzene rings is 2. The third-order valence-corrected chi connectivity index (χ3v) is 11.2. The van der Waals surface area contributed by atoms with E-state index in [2.05, 4.69) is 34.4 Å². The van der Waals surface area contributed by atoms with Gasteiger partial charge in [0.1, 0.15) is 17.7 Å². The number of fused-ring (bicyclic) bond motifs is 1. The zero-order valence-corrected chi connectivity index (χ0v) is 31.5. The van der Waals surface area contributed by atoms with Gasteiger partial charge in [-0.3, -0.25) is 19.2 Å². The van der Waals surface area contributed by atoms with E-state index in [1.54, 1.807) is 24.0 Å². The molecule has 2 bridgehead atoms. The van der Waals surface area contributed by atoms with Gasteiger partial charge in [-0.15, -0.1) is 13.2 Å². The van der Waals surface area contributed by atoms with E-state index < -0.39 is 71.8 Å². The minimum atomic E-state index is -1.36. The molecule has 3 fully saturated rings. The summed E-state index contributed by atoms with van der Waals surface area (Å²) >= 11 is 3.75. The molecule has 0 saturated carbocycles. The largest absolute Gasteiger partial charge is 0.455 e. The van der Waals surface area contributed by atoms with Crippen LogP contribution in [0.3, 0.4) is 0 Å². The number of likely N-dealkylation sites (tertiary alicyclic amines) is 1. The van der Waals surface area contributed by atoms with Crippen molar-refractivity contribution in [2.24, 2.45) is 11.8 Å². The summed E-state index contributed by atoms with van der Waals surface area (Å²) in [6.45, 7) is 14.9. The van der Waals surface area contributed by atoms with Crippen LogP contribution in [0.1, 0.15) is 64.2 Å². The molecule has 0 radical (unpaired) electrons. The summed E-state index contributed by atoms with van der Waals surface area (Å²) in [6, 6.07) is 16.1. The predicted octanol–water partition coefficient (Wildman–Crippen LogP) is 4.91. The average Bonchev–Trinajstić information content (AvgIpc) is 3.70. The standard InChI is InChI=1S/C40H50BrN3O7/c1-7-9-20-30(46)42-25(3)33(27-18-14-11-15-19-27)50-38(49)31-32-36(47)44(28(24-45)22-26-16-12-10-13-17-26)35(40(32)23-29(41)34(31)51-40)37(48)43(21-8-2)39(4,5)6/h7-8,10-19,25,28-29,31-35,45H,1-2,9,20-24H2,3-6H3,(H,42,46)/t25-,28+,29?,31+,32-,33-,34+,35+,40-/m0/s1. The molecule has 51 heavy (non-hydrogen) atoms.